The lowest BCUT2D eigenvalue weighted by Crippen LogP contribution is -2.24. The summed E-state index contributed by atoms with van der Waals surface area (Å²) in [4.78, 5) is -0.150. The second kappa shape index (κ2) is 6.13. The summed E-state index contributed by atoms with van der Waals surface area (Å²) in [5, 5.41) is 0. The van der Waals surface area contributed by atoms with Gasteiger partial charge in [0.25, 0.3) is 0 Å². The van der Waals surface area contributed by atoms with Crippen LogP contribution in [0.1, 0.15) is 11.1 Å². The maximum absolute atomic E-state index is 13.3. The lowest BCUT2D eigenvalue weighted by atomic mass is 10.2. The number of aryl methyl sites for hydroxylation is 1. The SMILES string of the molecule is Cc1ccc(CNS(=O)(=O)c2cc(Br)c(F)cc2N)cc1. The Balaban J connectivity index is 2.22. The molecule has 0 bridgehead atoms. The molecule has 0 spiro atoms. The van der Waals surface area contributed by atoms with Crippen molar-refractivity contribution >= 4 is 31.6 Å². The van der Waals surface area contributed by atoms with Crippen LogP contribution in [0.15, 0.2) is 45.8 Å². The smallest absolute Gasteiger partial charge is 0.242 e. The standard InChI is InChI=1S/C14H14BrFN2O2S/c1-9-2-4-10(5-3-9)8-18-21(19,20)14-6-11(15)12(16)7-13(14)17/h2-7,18H,8,17H2,1H3. The molecule has 0 radical (unpaired) electrons. The van der Waals surface area contributed by atoms with Crippen molar-refractivity contribution in [3.8, 4) is 0 Å². The lowest BCUT2D eigenvalue weighted by Gasteiger charge is -2.10. The van der Waals surface area contributed by atoms with Crippen molar-refractivity contribution in [3.05, 3.63) is 57.8 Å². The summed E-state index contributed by atoms with van der Waals surface area (Å²) < 4.78 is 40.2. The monoisotopic (exact) mass is 372 g/mol. The zero-order chi connectivity index (χ0) is 15.6. The molecule has 2 rings (SSSR count). The van der Waals surface area contributed by atoms with Crippen LogP contribution in [0.2, 0.25) is 0 Å². The summed E-state index contributed by atoms with van der Waals surface area (Å²) in [6, 6.07) is 9.59. The summed E-state index contributed by atoms with van der Waals surface area (Å²) in [7, 11) is -3.81. The van der Waals surface area contributed by atoms with Crippen molar-refractivity contribution in [2.24, 2.45) is 0 Å². The van der Waals surface area contributed by atoms with E-state index in [1.807, 2.05) is 31.2 Å². The van der Waals surface area contributed by atoms with Crippen LogP contribution in [0.5, 0.6) is 0 Å². The van der Waals surface area contributed by atoms with Gasteiger partial charge in [0.05, 0.1) is 10.2 Å². The Kier molecular flexibility index (Phi) is 4.65. The first kappa shape index (κ1) is 15.9. The second-order valence-corrected chi connectivity index (χ2v) is 7.20. The minimum atomic E-state index is -3.81. The maximum Gasteiger partial charge on any atom is 0.242 e. The summed E-state index contributed by atoms with van der Waals surface area (Å²) in [5.74, 6) is -0.606. The minimum Gasteiger partial charge on any atom is -0.398 e. The largest absolute Gasteiger partial charge is 0.398 e. The Bertz CT molecular complexity index is 761. The molecule has 0 aliphatic heterocycles. The maximum atomic E-state index is 13.3. The molecule has 0 heterocycles. The number of rotatable bonds is 4. The average molecular weight is 373 g/mol. The van der Waals surface area contributed by atoms with Gasteiger partial charge in [-0.1, -0.05) is 29.8 Å². The summed E-state index contributed by atoms with van der Waals surface area (Å²) >= 11 is 2.95. The van der Waals surface area contributed by atoms with Gasteiger partial charge in [0.1, 0.15) is 10.7 Å². The van der Waals surface area contributed by atoms with Gasteiger partial charge in [-0.15, -0.1) is 0 Å². The van der Waals surface area contributed by atoms with Crippen molar-refractivity contribution in [2.75, 3.05) is 5.73 Å². The van der Waals surface area contributed by atoms with Gasteiger partial charge in [-0.05, 0) is 40.5 Å². The van der Waals surface area contributed by atoms with E-state index in [1.165, 1.54) is 0 Å². The minimum absolute atomic E-state index is 0.0485. The van der Waals surface area contributed by atoms with E-state index in [-0.39, 0.29) is 21.6 Å². The van der Waals surface area contributed by atoms with Crippen molar-refractivity contribution in [2.45, 2.75) is 18.4 Å². The summed E-state index contributed by atoms with van der Waals surface area (Å²) in [5.41, 5.74) is 7.37. The molecule has 0 unspecified atom stereocenters. The molecule has 7 heteroatoms. The number of benzene rings is 2. The second-order valence-electron chi connectivity index (χ2n) is 4.61. The molecule has 0 saturated carbocycles. The van der Waals surface area contributed by atoms with Crippen LogP contribution in [-0.4, -0.2) is 8.42 Å². The Morgan fingerprint density at radius 3 is 2.48 bits per heavy atom. The van der Waals surface area contributed by atoms with Gasteiger partial charge >= 0.3 is 0 Å². The van der Waals surface area contributed by atoms with Crippen LogP contribution in [0.25, 0.3) is 0 Å². The van der Waals surface area contributed by atoms with Gasteiger partial charge in [-0.25, -0.2) is 17.5 Å². The van der Waals surface area contributed by atoms with Gasteiger partial charge < -0.3 is 5.73 Å². The van der Waals surface area contributed by atoms with E-state index < -0.39 is 15.8 Å². The molecule has 112 valence electrons. The molecule has 0 aliphatic rings. The highest BCUT2D eigenvalue weighted by atomic mass is 79.9. The first-order valence-electron chi connectivity index (χ1n) is 6.09. The van der Waals surface area contributed by atoms with Gasteiger partial charge in [-0.2, -0.15) is 0 Å². The Labute approximate surface area is 131 Å². The van der Waals surface area contributed by atoms with Crippen molar-refractivity contribution in [1.82, 2.24) is 4.72 Å². The highest BCUT2D eigenvalue weighted by Crippen LogP contribution is 2.26. The number of hydrogen-bond donors (Lipinski definition) is 2. The zero-order valence-corrected chi connectivity index (χ0v) is 13.6. The van der Waals surface area contributed by atoms with Gasteiger partial charge in [0.15, 0.2) is 0 Å². The number of nitrogens with one attached hydrogen (secondary N) is 1. The molecule has 3 N–H and O–H groups in total. The highest BCUT2D eigenvalue weighted by molar-refractivity contribution is 9.10. The molecule has 0 fully saturated rings. The molecule has 2 aromatic rings. The van der Waals surface area contributed by atoms with Crippen LogP contribution < -0.4 is 10.5 Å². The Morgan fingerprint density at radius 1 is 1.24 bits per heavy atom. The third-order valence-corrected chi connectivity index (χ3v) is 4.99. The molecule has 0 amide bonds. The van der Waals surface area contributed by atoms with E-state index in [2.05, 4.69) is 20.7 Å². The van der Waals surface area contributed by atoms with Crippen LogP contribution in [0.4, 0.5) is 10.1 Å². The number of nitrogen functional groups attached to an aromatic ring is 1. The molecule has 21 heavy (non-hydrogen) atoms. The van der Waals surface area contributed by atoms with Gasteiger partial charge in [-0.3, -0.25) is 0 Å². The van der Waals surface area contributed by atoms with E-state index in [1.54, 1.807) is 0 Å². The van der Waals surface area contributed by atoms with Gasteiger partial charge in [0, 0.05) is 6.54 Å². The number of sulfonamides is 1. The van der Waals surface area contributed by atoms with E-state index in [0.29, 0.717) is 0 Å². The van der Waals surface area contributed by atoms with Crippen LogP contribution in [0.3, 0.4) is 0 Å². The van der Waals surface area contributed by atoms with E-state index in [9.17, 15) is 12.8 Å². The predicted octanol–water partition coefficient (Wildman–Crippen LogP) is 2.96. The predicted molar refractivity (Wildman–Crippen MR) is 83.7 cm³/mol. The molecule has 2 aromatic carbocycles. The number of nitrogens with two attached hydrogens (primary N) is 1. The molecule has 0 saturated heterocycles. The highest BCUT2D eigenvalue weighted by Gasteiger charge is 2.19. The average Bonchev–Trinajstić information content (AvgIpc) is 2.42. The lowest BCUT2D eigenvalue weighted by molar-refractivity contribution is 0.580. The number of halogens is 2. The Morgan fingerprint density at radius 2 is 1.86 bits per heavy atom. The number of hydrogen-bond acceptors (Lipinski definition) is 3. The first-order chi connectivity index (χ1) is 9.79. The van der Waals surface area contributed by atoms with Crippen molar-refractivity contribution in [3.63, 3.8) is 0 Å². The zero-order valence-electron chi connectivity index (χ0n) is 11.2. The molecule has 0 atom stereocenters. The fraction of sp³-hybridized carbons (Fsp3) is 0.143. The fourth-order valence-corrected chi connectivity index (χ4v) is 3.39. The van der Waals surface area contributed by atoms with Crippen LogP contribution in [0, 0.1) is 12.7 Å². The van der Waals surface area contributed by atoms with Crippen molar-refractivity contribution < 1.29 is 12.8 Å². The van der Waals surface area contributed by atoms with E-state index in [4.69, 9.17) is 5.73 Å². The number of anilines is 1. The molecule has 0 aliphatic carbocycles. The van der Waals surface area contributed by atoms with Gasteiger partial charge in [0.2, 0.25) is 10.0 Å². The molecule has 0 aromatic heterocycles. The quantitative estimate of drug-likeness (QED) is 0.810. The van der Waals surface area contributed by atoms with E-state index >= 15 is 0 Å². The molecule has 4 nitrogen and oxygen atoms in total. The third kappa shape index (κ3) is 3.81. The first-order valence-corrected chi connectivity index (χ1v) is 8.37. The molecular weight excluding hydrogens is 359 g/mol. The van der Waals surface area contributed by atoms with E-state index in [0.717, 1.165) is 23.3 Å². The van der Waals surface area contributed by atoms with Crippen LogP contribution >= 0.6 is 15.9 Å². The summed E-state index contributed by atoms with van der Waals surface area (Å²) in [6.45, 7) is 2.09. The normalized spacial score (nSPS) is 11.6. The summed E-state index contributed by atoms with van der Waals surface area (Å²) in [6.07, 6.45) is 0. The third-order valence-electron chi connectivity index (χ3n) is 2.93. The van der Waals surface area contributed by atoms with Crippen molar-refractivity contribution in [1.29, 1.82) is 0 Å². The topological polar surface area (TPSA) is 72.2 Å². The Hall–Kier alpha value is -1.44. The van der Waals surface area contributed by atoms with Crippen LogP contribution in [-0.2, 0) is 16.6 Å². The fourth-order valence-electron chi connectivity index (χ4n) is 1.74. The molecular formula is C14H14BrFN2O2S.